The molecule has 0 N–H and O–H groups in total. The molecule has 1 atom stereocenters. The number of carbonyl (C=O) groups excluding carboxylic acids is 2. The van der Waals surface area contributed by atoms with Gasteiger partial charge in [0.1, 0.15) is 11.4 Å². The first-order valence-electron chi connectivity index (χ1n) is 8.12. The maximum atomic E-state index is 12.5. The molecule has 0 aliphatic carbocycles. The number of hydrogen-bond donors (Lipinski definition) is 0. The Kier molecular flexibility index (Phi) is 8.70. The van der Waals surface area contributed by atoms with Gasteiger partial charge in [0.15, 0.2) is 5.12 Å². The molecule has 0 spiro atoms. The highest BCUT2D eigenvalue weighted by atomic mass is 32.2. The van der Waals surface area contributed by atoms with Gasteiger partial charge in [0.25, 0.3) is 0 Å². The zero-order chi connectivity index (χ0) is 17.1. The number of benzene rings is 1. The lowest BCUT2D eigenvalue weighted by atomic mass is 10.1. The topological polar surface area (TPSA) is 43.4 Å². The van der Waals surface area contributed by atoms with Gasteiger partial charge in [0.2, 0.25) is 0 Å². The molecule has 0 aliphatic heterocycles. The second-order valence-electron chi connectivity index (χ2n) is 5.54. The van der Waals surface area contributed by atoms with E-state index in [1.807, 2.05) is 42.5 Å². The Bertz CT molecular complexity index is 525. The van der Waals surface area contributed by atoms with Gasteiger partial charge in [-0.15, -0.1) is 0 Å². The van der Waals surface area contributed by atoms with Crippen molar-refractivity contribution in [2.45, 2.75) is 57.8 Å². The Hall–Kier alpha value is -1.55. The van der Waals surface area contributed by atoms with Gasteiger partial charge in [0.05, 0.1) is 0 Å². The Morgan fingerprint density at radius 3 is 2.52 bits per heavy atom. The summed E-state index contributed by atoms with van der Waals surface area (Å²) >= 11 is 1.05. The minimum Gasteiger partial charge on any atom is -0.460 e. The van der Waals surface area contributed by atoms with E-state index >= 15 is 0 Å². The quantitative estimate of drug-likeness (QED) is 0.366. The predicted molar refractivity (Wildman–Crippen MR) is 96.2 cm³/mol. The largest absolute Gasteiger partial charge is 0.460 e. The molecule has 4 heteroatoms. The monoisotopic (exact) mass is 334 g/mol. The standard InChI is InChI=1S/C19H26O3S/c1-4-6-7-11-14-19(3,23-17(20)5-2)18(21)22-15-16-12-9-8-10-13-16/h8-14H,4-7,15H2,1-3H3/t19-/m1/s1. The molecular weight excluding hydrogens is 308 g/mol. The lowest BCUT2D eigenvalue weighted by molar-refractivity contribution is -0.146. The van der Waals surface area contributed by atoms with Gasteiger partial charge in [-0.05, 0) is 18.9 Å². The second-order valence-corrected chi connectivity index (χ2v) is 7.05. The molecular formula is C19H26O3S. The molecule has 0 heterocycles. The lowest BCUT2D eigenvalue weighted by Gasteiger charge is -2.22. The van der Waals surface area contributed by atoms with E-state index < -0.39 is 4.75 Å². The van der Waals surface area contributed by atoms with Crippen LogP contribution in [0.2, 0.25) is 0 Å². The van der Waals surface area contributed by atoms with Crippen molar-refractivity contribution < 1.29 is 14.3 Å². The molecule has 0 saturated heterocycles. The van der Waals surface area contributed by atoms with Gasteiger partial charge in [-0.3, -0.25) is 9.59 Å². The average Bonchev–Trinajstić information content (AvgIpc) is 2.57. The zero-order valence-electron chi connectivity index (χ0n) is 14.2. The highest BCUT2D eigenvalue weighted by Gasteiger charge is 2.35. The van der Waals surface area contributed by atoms with E-state index in [1.165, 1.54) is 0 Å². The molecule has 0 fully saturated rings. The summed E-state index contributed by atoms with van der Waals surface area (Å²) in [6.45, 7) is 5.89. The van der Waals surface area contributed by atoms with Gasteiger partial charge in [-0.2, -0.15) is 0 Å². The van der Waals surface area contributed by atoms with Crippen LogP contribution in [0, 0.1) is 0 Å². The molecule has 23 heavy (non-hydrogen) atoms. The average molecular weight is 334 g/mol. The second kappa shape index (κ2) is 10.3. The fourth-order valence-corrected chi connectivity index (χ4v) is 2.87. The Labute approximate surface area is 143 Å². The molecule has 0 unspecified atom stereocenters. The molecule has 0 amide bonds. The van der Waals surface area contributed by atoms with Gasteiger partial charge in [-0.25, -0.2) is 0 Å². The molecule has 3 nitrogen and oxygen atoms in total. The van der Waals surface area contributed by atoms with Crippen LogP contribution in [0.3, 0.4) is 0 Å². The third kappa shape index (κ3) is 7.04. The van der Waals surface area contributed by atoms with Crippen LogP contribution in [-0.4, -0.2) is 15.8 Å². The zero-order valence-corrected chi connectivity index (χ0v) is 15.0. The van der Waals surface area contributed by atoms with Crippen LogP contribution in [0.1, 0.15) is 52.0 Å². The maximum Gasteiger partial charge on any atom is 0.326 e. The number of hydrogen-bond acceptors (Lipinski definition) is 4. The Morgan fingerprint density at radius 2 is 1.91 bits per heavy atom. The normalized spacial score (nSPS) is 13.7. The summed E-state index contributed by atoms with van der Waals surface area (Å²) in [5.41, 5.74) is 0.935. The predicted octanol–water partition coefficient (Wildman–Crippen LogP) is 4.90. The van der Waals surface area contributed by atoms with Gasteiger partial charge < -0.3 is 4.74 Å². The van der Waals surface area contributed by atoms with E-state index in [4.69, 9.17) is 4.74 Å². The Balaban J connectivity index is 2.74. The van der Waals surface area contributed by atoms with E-state index in [0.717, 1.165) is 36.6 Å². The fraction of sp³-hybridized carbons (Fsp3) is 0.474. The van der Waals surface area contributed by atoms with Gasteiger partial charge >= 0.3 is 5.97 Å². The van der Waals surface area contributed by atoms with Crippen molar-refractivity contribution in [1.29, 1.82) is 0 Å². The number of thioether (sulfide) groups is 1. The summed E-state index contributed by atoms with van der Waals surface area (Å²) in [7, 11) is 0. The van der Waals surface area contributed by atoms with E-state index in [0.29, 0.717) is 6.42 Å². The van der Waals surface area contributed by atoms with Crippen molar-refractivity contribution in [2.24, 2.45) is 0 Å². The SMILES string of the molecule is CCCCC=C[C@@](C)(SC(=O)CC)C(=O)OCc1ccccc1. The first kappa shape index (κ1) is 19.5. The molecule has 0 aliphatic rings. The lowest BCUT2D eigenvalue weighted by Crippen LogP contribution is -2.32. The van der Waals surface area contributed by atoms with E-state index in [-0.39, 0.29) is 17.7 Å². The van der Waals surface area contributed by atoms with Crippen molar-refractivity contribution in [1.82, 2.24) is 0 Å². The van der Waals surface area contributed by atoms with Crippen molar-refractivity contribution in [3.8, 4) is 0 Å². The van der Waals surface area contributed by atoms with Crippen LogP contribution >= 0.6 is 11.8 Å². The van der Waals surface area contributed by atoms with E-state index in [1.54, 1.807) is 13.8 Å². The summed E-state index contributed by atoms with van der Waals surface area (Å²) in [6, 6.07) is 9.55. The summed E-state index contributed by atoms with van der Waals surface area (Å²) < 4.78 is 4.47. The smallest absolute Gasteiger partial charge is 0.326 e. The molecule has 126 valence electrons. The van der Waals surface area contributed by atoms with Crippen molar-refractivity contribution in [3.05, 3.63) is 48.0 Å². The maximum absolute atomic E-state index is 12.5. The molecule has 1 aromatic carbocycles. The van der Waals surface area contributed by atoms with Crippen LogP contribution in [0.25, 0.3) is 0 Å². The first-order valence-corrected chi connectivity index (χ1v) is 8.94. The molecule has 1 rings (SSSR count). The molecule has 0 saturated carbocycles. The van der Waals surface area contributed by atoms with Crippen molar-refractivity contribution in [3.63, 3.8) is 0 Å². The Morgan fingerprint density at radius 1 is 1.22 bits per heavy atom. The van der Waals surface area contributed by atoms with Crippen LogP contribution in [0.5, 0.6) is 0 Å². The summed E-state index contributed by atoms with van der Waals surface area (Å²) in [6.07, 6.45) is 7.25. The fourth-order valence-electron chi connectivity index (χ4n) is 1.95. The highest BCUT2D eigenvalue weighted by Crippen LogP contribution is 2.30. The third-order valence-corrected chi connectivity index (χ3v) is 4.64. The van der Waals surface area contributed by atoms with E-state index in [9.17, 15) is 9.59 Å². The number of unbranched alkanes of at least 4 members (excludes halogenated alkanes) is 2. The number of esters is 1. The molecule has 0 radical (unpaired) electrons. The summed E-state index contributed by atoms with van der Waals surface area (Å²) in [4.78, 5) is 24.3. The van der Waals surface area contributed by atoms with Crippen molar-refractivity contribution >= 4 is 22.8 Å². The summed E-state index contributed by atoms with van der Waals surface area (Å²) in [5, 5.41) is -0.00990. The van der Waals surface area contributed by atoms with Crippen LogP contribution in [-0.2, 0) is 20.9 Å². The van der Waals surface area contributed by atoms with Crippen LogP contribution in [0.4, 0.5) is 0 Å². The molecule has 1 aromatic rings. The van der Waals surface area contributed by atoms with Crippen LogP contribution < -0.4 is 0 Å². The third-order valence-electron chi connectivity index (χ3n) is 3.39. The van der Waals surface area contributed by atoms with Crippen molar-refractivity contribution in [2.75, 3.05) is 0 Å². The number of allylic oxidation sites excluding steroid dienone is 1. The summed E-state index contributed by atoms with van der Waals surface area (Å²) in [5.74, 6) is -0.374. The number of carbonyl (C=O) groups is 2. The number of rotatable bonds is 9. The van der Waals surface area contributed by atoms with Gasteiger partial charge in [-0.1, -0.05) is 80.9 Å². The number of ether oxygens (including phenoxy) is 1. The highest BCUT2D eigenvalue weighted by molar-refractivity contribution is 8.15. The first-order chi connectivity index (χ1) is 11.0. The van der Waals surface area contributed by atoms with Crippen LogP contribution in [0.15, 0.2) is 42.5 Å². The van der Waals surface area contributed by atoms with E-state index in [2.05, 4.69) is 6.92 Å². The molecule has 0 bridgehead atoms. The minimum absolute atomic E-state index is 0.00990. The molecule has 0 aromatic heterocycles. The minimum atomic E-state index is -0.963. The van der Waals surface area contributed by atoms with Gasteiger partial charge in [0, 0.05) is 6.42 Å².